The van der Waals surface area contributed by atoms with E-state index in [2.05, 4.69) is 17.2 Å². The summed E-state index contributed by atoms with van der Waals surface area (Å²) in [5, 5.41) is 3.94. The molecular formula is C13H16Cl2N2O. The van der Waals surface area contributed by atoms with Crippen LogP contribution in [0.5, 0.6) is 0 Å². The maximum Gasteiger partial charge on any atom is 0.208 e. The third-order valence-corrected chi connectivity index (χ3v) is 2.60. The van der Waals surface area contributed by atoms with Crippen LogP contribution in [0.2, 0.25) is 5.02 Å². The van der Waals surface area contributed by atoms with Crippen LogP contribution < -0.4 is 5.32 Å². The van der Waals surface area contributed by atoms with Crippen LogP contribution >= 0.6 is 24.0 Å². The van der Waals surface area contributed by atoms with Gasteiger partial charge in [-0.15, -0.1) is 12.4 Å². The van der Waals surface area contributed by atoms with E-state index in [0.717, 1.165) is 24.3 Å². The van der Waals surface area contributed by atoms with Crippen LogP contribution in [0.3, 0.4) is 0 Å². The fourth-order valence-corrected chi connectivity index (χ4v) is 1.73. The lowest BCUT2D eigenvalue weighted by molar-refractivity contribution is 0.478. The molecule has 0 unspecified atom stereocenters. The largest absolute Gasteiger partial charge is 0.439 e. The van der Waals surface area contributed by atoms with Crippen molar-refractivity contribution in [3.63, 3.8) is 0 Å². The average molecular weight is 287 g/mol. The third kappa shape index (κ3) is 4.02. The number of halogens is 2. The smallest absolute Gasteiger partial charge is 0.208 e. The van der Waals surface area contributed by atoms with Gasteiger partial charge >= 0.3 is 0 Å². The van der Waals surface area contributed by atoms with Gasteiger partial charge in [-0.05, 0) is 25.1 Å². The van der Waals surface area contributed by atoms with Crippen molar-refractivity contribution in [2.24, 2.45) is 0 Å². The molecule has 0 spiro atoms. The van der Waals surface area contributed by atoms with Crippen molar-refractivity contribution in [1.82, 2.24) is 10.3 Å². The topological polar surface area (TPSA) is 38.1 Å². The summed E-state index contributed by atoms with van der Waals surface area (Å²) in [4.78, 5) is 4.22. The predicted octanol–water partition coefficient (Wildman–Crippen LogP) is 3.92. The SMILES string of the molecule is CCCNCc1ncc(-c2cccc(Cl)c2)o1.Cl. The van der Waals surface area contributed by atoms with Gasteiger partial charge in [-0.1, -0.05) is 30.7 Å². The summed E-state index contributed by atoms with van der Waals surface area (Å²) in [5.41, 5.74) is 0.951. The molecule has 98 valence electrons. The number of hydrogen-bond acceptors (Lipinski definition) is 3. The highest BCUT2D eigenvalue weighted by molar-refractivity contribution is 6.30. The summed E-state index contributed by atoms with van der Waals surface area (Å²) in [5.74, 6) is 1.45. The Morgan fingerprint density at radius 1 is 1.39 bits per heavy atom. The summed E-state index contributed by atoms with van der Waals surface area (Å²) < 4.78 is 5.64. The summed E-state index contributed by atoms with van der Waals surface area (Å²) in [6.45, 7) is 3.75. The first-order valence-electron chi connectivity index (χ1n) is 5.71. The quantitative estimate of drug-likeness (QED) is 0.847. The van der Waals surface area contributed by atoms with E-state index < -0.39 is 0 Å². The lowest BCUT2D eigenvalue weighted by atomic mass is 10.2. The van der Waals surface area contributed by atoms with E-state index in [1.165, 1.54) is 0 Å². The van der Waals surface area contributed by atoms with Crippen LogP contribution in [0.1, 0.15) is 19.2 Å². The minimum atomic E-state index is 0. The monoisotopic (exact) mass is 286 g/mol. The number of hydrogen-bond donors (Lipinski definition) is 1. The Morgan fingerprint density at radius 3 is 2.94 bits per heavy atom. The van der Waals surface area contributed by atoms with E-state index in [-0.39, 0.29) is 12.4 Å². The van der Waals surface area contributed by atoms with Crippen LogP contribution in [0.4, 0.5) is 0 Å². The number of rotatable bonds is 5. The van der Waals surface area contributed by atoms with Gasteiger partial charge in [-0.2, -0.15) is 0 Å². The second kappa shape index (κ2) is 7.41. The molecule has 2 aromatic rings. The third-order valence-electron chi connectivity index (χ3n) is 2.37. The van der Waals surface area contributed by atoms with E-state index in [0.29, 0.717) is 17.5 Å². The Kier molecular flexibility index (Phi) is 6.19. The van der Waals surface area contributed by atoms with Crippen molar-refractivity contribution in [2.75, 3.05) is 6.54 Å². The van der Waals surface area contributed by atoms with Gasteiger partial charge in [0.15, 0.2) is 5.76 Å². The first-order chi connectivity index (χ1) is 8.29. The molecular weight excluding hydrogens is 271 g/mol. The van der Waals surface area contributed by atoms with Crippen molar-refractivity contribution in [3.05, 3.63) is 41.4 Å². The molecule has 0 aliphatic rings. The fourth-order valence-electron chi connectivity index (χ4n) is 1.54. The van der Waals surface area contributed by atoms with Gasteiger partial charge in [-0.3, -0.25) is 0 Å². The molecule has 0 amide bonds. The van der Waals surface area contributed by atoms with Gasteiger partial charge < -0.3 is 9.73 Å². The Bertz CT molecular complexity index is 485. The number of nitrogens with zero attached hydrogens (tertiary/aromatic N) is 1. The maximum atomic E-state index is 5.93. The summed E-state index contributed by atoms with van der Waals surface area (Å²) >= 11 is 5.93. The Hall–Kier alpha value is -1.03. The molecule has 5 heteroatoms. The molecule has 0 fully saturated rings. The summed E-state index contributed by atoms with van der Waals surface area (Å²) in [7, 11) is 0. The van der Waals surface area contributed by atoms with E-state index in [1.807, 2.05) is 24.3 Å². The minimum Gasteiger partial charge on any atom is -0.439 e. The first kappa shape index (κ1) is 15.0. The molecule has 0 aliphatic carbocycles. The van der Waals surface area contributed by atoms with Crippen LogP contribution in [-0.2, 0) is 6.54 Å². The second-order valence-electron chi connectivity index (χ2n) is 3.81. The van der Waals surface area contributed by atoms with Gasteiger partial charge in [0, 0.05) is 10.6 Å². The average Bonchev–Trinajstić information content (AvgIpc) is 2.78. The zero-order valence-corrected chi connectivity index (χ0v) is 11.7. The molecule has 1 aromatic heterocycles. The van der Waals surface area contributed by atoms with E-state index in [1.54, 1.807) is 6.20 Å². The molecule has 2 rings (SSSR count). The standard InChI is InChI=1S/C13H15ClN2O.ClH/c1-2-6-15-9-13-16-8-12(17-13)10-4-3-5-11(14)7-10;/h3-5,7-8,15H,2,6,9H2,1H3;1H. The molecule has 0 aliphatic heterocycles. The molecule has 0 saturated carbocycles. The fraction of sp³-hybridized carbons (Fsp3) is 0.308. The van der Waals surface area contributed by atoms with Crippen LogP contribution in [-0.4, -0.2) is 11.5 Å². The van der Waals surface area contributed by atoms with Crippen molar-refractivity contribution in [2.45, 2.75) is 19.9 Å². The van der Waals surface area contributed by atoms with Crippen molar-refractivity contribution in [3.8, 4) is 11.3 Å². The Morgan fingerprint density at radius 2 is 2.22 bits per heavy atom. The molecule has 0 atom stereocenters. The number of benzene rings is 1. The molecule has 0 saturated heterocycles. The van der Waals surface area contributed by atoms with E-state index in [9.17, 15) is 0 Å². The van der Waals surface area contributed by atoms with E-state index >= 15 is 0 Å². The Labute approximate surface area is 118 Å². The van der Waals surface area contributed by atoms with Crippen LogP contribution in [0.15, 0.2) is 34.9 Å². The summed E-state index contributed by atoms with van der Waals surface area (Å²) in [6.07, 6.45) is 2.83. The number of oxazole rings is 1. The minimum absolute atomic E-state index is 0. The van der Waals surface area contributed by atoms with Gasteiger partial charge in [0.1, 0.15) is 0 Å². The number of aromatic nitrogens is 1. The highest BCUT2D eigenvalue weighted by atomic mass is 35.5. The van der Waals surface area contributed by atoms with Gasteiger partial charge in [0.25, 0.3) is 0 Å². The van der Waals surface area contributed by atoms with Gasteiger partial charge in [0.05, 0.1) is 12.7 Å². The second-order valence-corrected chi connectivity index (χ2v) is 4.24. The van der Waals surface area contributed by atoms with Crippen LogP contribution in [0, 0.1) is 0 Å². The molecule has 1 N–H and O–H groups in total. The molecule has 3 nitrogen and oxygen atoms in total. The lowest BCUT2D eigenvalue weighted by Crippen LogP contribution is -2.13. The molecule has 0 bridgehead atoms. The van der Waals surface area contributed by atoms with E-state index in [4.69, 9.17) is 16.0 Å². The van der Waals surface area contributed by atoms with Gasteiger partial charge in [-0.25, -0.2) is 4.98 Å². The van der Waals surface area contributed by atoms with Crippen molar-refractivity contribution < 1.29 is 4.42 Å². The lowest BCUT2D eigenvalue weighted by Gasteiger charge is -1.98. The highest BCUT2D eigenvalue weighted by Crippen LogP contribution is 2.23. The summed E-state index contributed by atoms with van der Waals surface area (Å²) in [6, 6.07) is 7.56. The molecule has 18 heavy (non-hydrogen) atoms. The van der Waals surface area contributed by atoms with Crippen molar-refractivity contribution in [1.29, 1.82) is 0 Å². The number of nitrogens with one attached hydrogen (secondary N) is 1. The first-order valence-corrected chi connectivity index (χ1v) is 6.08. The Balaban J connectivity index is 0.00000162. The molecule has 1 heterocycles. The highest BCUT2D eigenvalue weighted by Gasteiger charge is 2.06. The maximum absolute atomic E-state index is 5.93. The molecule has 1 aromatic carbocycles. The normalized spacial score (nSPS) is 10.1. The van der Waals surface area contributed by atoms with Gasteiger partial charge in [0.2, 0.25) is 5.89 Å². The van der Waals surface area contributed by atoms with Crippen molar-refractivity contribution >= 4 is 24.0 Å². The zero-order valence-electron chi connectivity index (χ0n) is 10.1. The molecule has 0 radical (unpaired) electrons. The zero-order chi connectivity index (χ0) is 12.1. The predicted molar refractivity (Wildman–Crippen MR) is 76.2 cm³/mol. The van der Waals surface area contributed by atoms with Crippen LogP contribution in [0.25, 0.3) is 11.3 Å².